The number of fused-ring (bicyclic) bond motifs is 1. The van der Waals surface area contributed by atoms with Crippen LogP contribution in [-0.2, 0) is 11.3 Å². The SMILES string of the molecule is O=C1C2=C(CCCC2)C(c2c[nH]c3ccccc23)N1Cc1ccco1. The molecule has 0 saturated heterocycles. The lowest BCUT2D eigenvalue weighted by molar-refractivity contribution is -0.128. The fraction of sp³-hybridized carbons (Fsp3) is 0.286. The summed E-state index contributed by atoms with van der Waals surface area (Å²) >= 11 is 0. The maximum absolute atomic E-state index is 13.1. The maximum atomic E-state index is 13.1. The molecule has 3 aromatic rings. The highest BCUT2D eigenvalue weighted by atomic mass is 16.3. The lowest BCUT2D eigenvalue weighted by atomic mass is 9.87. The predicted molar refractivity (Wildman–Crippen MR) is 95.8 cm³/mol. The maximum Gasteiger partial charge on any atom is 0.251 e. The Labute approximate surface area is 146 Å². The van der Waals surface area contributed by atoms with Crippen LogP contribution < -0.4 is 0 Å². The minimum atomic E-state index is 0.0176. The molecule has 1 unspecified atom stereocenters. The second-order valence-corrected chi connectivity index (χ2v) is 6.92. The van der Waals surface area contributed by atoms with E-state index < -0.39 is 0 Å². The zero-order chi connectivity index (χ0) is 16.8. The van der Waals surface area contributed by atoms with Crippen LogP contribution in [0.15, 0.2) is 64.4 Å². The normalized spacial score (nSPS) is 20.6. The molecule has 126 valence electrons. The first-order valence-corrected chi connectivity index (χ1v) is 8.94. The van der Waals surface area contributed by atoms with Gasteiger partial charge in [-0.3, -0.25) is 4.79 Å². The minimum Gasteiger partial charge on any atom is -0.467 e. The van der Waals surface area contributed by atoms with Gasteiger partial charge in [-0.25, -0.2) is 0 Å². The van der Waals surface area contributed by atoms with Crippen LogP contribution in [0.25, 0.3) is 10.9 Å². The Kier molecular flexibility index (Phi) is 3.30. The van der Waals surface area contributed by atoms with Crippen LogP contribution >= 0.6 is 0 Å². The van der Waals surface area contributed by atoms with Gasteiger partial charge >= 0.3 is 0 Å². The van der Waals surface area contributed by atoms with Crippen molar-refractivity contribution in [1.29, 1.82) is 0 Å². The third-order valence-corrected chi connectivity index (χ3v) is 5.49. The number of carbonyl (C=O) groups excluding carboxylic acids is 1. The molecule has 0 bridgehead atoms. The van der Waals surface area contributed by atoms with Gasteiger partial charge in [-0.1, -0.05) is 18.2 Å². The highest BCUT2D eigenvalue weighted by Gasteiger charge is 2.41. The summed E-state index contributed by atoms with van der Waals surface area (Å²) in [6.07, 6.45) is 7.94. The first-order valence-electron chi connectivity index (χ1n) is 8.94. The molecule has 1 atom stereocenters. The van der Waals surface area contributed by atoms with Crippen LogP contribution in [0, 0.1) is 0 Å². The van der Waals surface area contributed by atoms with Crippen molar-refractivity contribution in [3.8, 4) is 0 Å². The summed E-state index contributed by atoms with van der Waals surface area (Å²) in [5.41, 5.74) is 4.66. The quantitative estimate of drug-likeness (QED) is 0.755. The topological polar surface area (TPSA) is 49.2 Å². The van der Waals surface area contributed by atoms with Crippen molar-refractivity contribution < 1.29 is 9.21 Å². The Morgan fingerprint density at radius 3 is 2.88 bits per heavy atom. The zero-order valence-corrected chi connectivity index (χ0v) is 14.0. The highest BCUT2D eigenvalue weighted by Crippen LogP contribution is 2.46. The number of H-pyrrole nitrogens is 1. The molecule has 0 radical (unpaired) electrons. The molecule has 1 amide bonds. The first kappa shape index (κ1) is 14.6. The van der Waals surface area contributed by atoms with E-state index in [-0.39, 0.29) is 11.9 Å². The van der Waals surface area contributed by atoms with Gasteiger partial charge in [-0.15, -0.1) is 0 Å². The smallest absolute Gasteiger partial charge is 0.251 e. The van der Waals surface area contributed by atoms with Crippen LogP contribution in [0.3, 0.4) is 0 Å². The molecule has 2 aromatic heterocycles. The number of furan rings is 1. The Balaban J connectivity index is 1.64. The first-order chi connectivity index (χ1) is 12.3. The second-order valence-electron chi connectivity index (χ2n) is 6.92. The van der Waals surface area contributed by atoms with Gasteiger partial charge < -0.3 is 14.3 Å². The molecule has 1 N–H and O–H groups in total. The number of aromatic amines is 1. The number of hydrogen-bond donors (Lipinski definition) is 1. The Bertz CT molecular complexity index is 965. The molecule has 1 aliphatic heterocycles. The monoisotopic (exact) mass is 332 g/mol. The number of benzene rings is 1. The van der Waals surface area contributed by atoms with Gasteiger partial charge in [0.1, 0.15) is 5.76 Å². The van der Waals surface area contributed by atoms with Gasteiger partial charge in [0.05, 0.1) is 18.8 Å². The van der Waals surface area contributed by atoms with E-state index in [4.69, 9.17) is 4.42 Å². The molecule has 4 nitrogen and oxygen atoms in total. The summed E-state index contributed by atoms with van der Waals surface area (Å²) in [5.74, 6) is 1.01. The van der Waals surface area contributed by atoms with E-state index in [0.717, 1.165) is 36.1 Å². The fourth-order valence-corrected chi connectivity index (χ4v) is 4.36. The largest absolute Gasteiger partial charge is 0.467 e. The number of hydrogen-bond acceptors (Lipinski definition) is 2. The number of rotatable bonds is 3. The van der Waals surface area contributed by atoms with Crippen molar-refractivity contribution in [1.82, 2.24) is 9.88 Å². The highest BCUT2D eigenvalue weighted by molar-refractivity contribution is 5.99. The standard InChI is InChI=1S/C21H20N2O2/c24-21-17-9-2-1-8-16(17)20(23(21)13-14-6-5-11-25-14)18-12-22-19-10-4-3-7-15(18)19/h3-7,10-12,20,22H,1-2,8-9,13H2. The molecule has 25 heavy (non-hydrogen) atoms. The molecular weight excluding hydrogens is 312 g/mol. The van der Waals surface area contributed by atoms with E-state index in [1.807, 2.05) is 23.1 Å². The summed E-state index contributed by atoms with van der Waals surface area (Å²) in [4.78, 5) is 18.5. The van der Waals surface area contributed by atoms with E-state index >= 15 is 0 Å². The third kappa shape index (κ3) is 2.24. The predicted octanol–water partition coefficient (Wildman–Crippen LogP) is 4.72. The molecule has 0 fully saturated rings. The van der Waals surface area contributed by atoms with Gasteiger partial charge in [-0.05, 0) is 49.5 Å². The molecule has 5 rings (SSSR count). The van der Waals surface area contributed by atoms with E-state index in [0.29, 0.717) is 6.54 Å². The van der Waals surface area contributed by atoms with Crippen LogP contribution in [0.2, 0.25) is 0 Å². The molecule has 1 aromatic carbocycles. The average Bonchev–Trinajstić information content (AvgIpc) is 3.36. The molecule has 0 spiro atoms. The Morgan fingerprint density at radius 2 is 2.00 bits per heavy atom. The Hall–Kier alpha value is -2.75. The zero-order valence-electron chi connectivity index (χ0n) is 14.0. The van der Waals surface area contributed by atoms with E-state index in [1.165, 1.54) is 22.9 Å². The molecule has 2 aliphatic rings. The summed E-state index contributed by atoms with van der Waals surface area (Å²) in [6.45, 7) is 0.517. The summed E-state index contributed by atoms with van der Waals surface area (Å²) in [7, 11) is 0. The summed E-state index contributed by atoms with van der Waals surface area (Å²) < 4.78 is 5.53. The number of aromatic nitrogens is 1. The molecule has 0 saturated carbocycles. The van der Waals surface area contributed by atoms with Gasteiger partial charge in [0.15, 0.2) is 0 Å². The minimum absolute atomic E-state index is 0.0176. The Morgan fingerprint density at radius 1 is 1.12 bits per heavy atom. The van der Waals surface area contributed by atoms with E-state index in [2.05, 4.69) is 29.4 Å². The number of nitrogens with zero attached hydrogens (tertiary/aromatic N) is 1. The van der Waals surface area contributed by atoms with Crippen LogP contribution in [-0.4, -0.2) is 15.8 Å². The van der Waals surface area contributed by atoms with Crippen molar-refractivity contribution in [3.63, 3.8) is 0 Å². The van der Waals surface area contributed by atoms with Gasteiger partial charge in [-0.2, -0.15) is 0 Å². The average molecular weight is 332 g/mol. The summed E-state index contributed by atoms with van der Waals surface area (Å²) in [6, 6.07) is 12.2. The number of nitrogens with one attached hydrogen (secondary N) is 1. The van der Waals surface area contributed by atoms with Crippen LogP contribution in [0.5, 0.6) is 0 Å². The number of carbonyl (C=O) groups is 1. The number of para-hydroxylation sites is 1. The summed E-state index contributed by atoms with van der Waals surface area (Å²) in [5, 5.41) is 1.20. The molecular formula is C21H20N2O2. The van der Waals surface area contributed by atoms with Crippen molar-refractivity contribution in [2.45, 2.75) is 38.3 Å². The third-order valence-electron chi connectivity index (χ3n) is 5.49. The van der Waals surface area contributed by atoms with Crippen molar-refractivity contribution in [2.75, 3.05) is 0 Å². The number of amides is 1. The lowest BCUT2D eigenvalue weighted by Crippen LogP contribution is -2.29. The lowest BCUT2D eigenvalue weighted by Gasteiger charge is -2.26. The van der Waals surface area contributed by atoms with Crippen molar-refractivity contribution in [2.24, 2.45) is 0 Å². The molecule has 1 aliphatic carbocycles. The van der Waals surface area contributed by atoms with Crippen LogP contribution in [0.4, 0.5) is 0 Å². The van der Waals surface area contributed by atoms with Crippen molar-refractivity contribution >= 4 is 16.8 Å². The van der Waals surface area contributed by atoms with Gasteiger partial charge in [0.2, 0.25) is 0 Å². The molecule has 4 heteroatoms. The fourth-order valence-electron chi connectivity index (χ4n) is 4.36. The van der Waals surface area contributed by atoms with Gasteiger partial charge in [0.25, 0.3) is 5.91 Å². The van der Waals surface area contributed by atoms with Crippen LogP contribution in [0.1, 0.15) is 43.0 Å². The van der Waals surface area contributed by atoms with Crippen molar-refractivity contribution in [3.05, 3.63) is 71.3 Å². The van der Waals surface area contributed by atoms with E-state index in [9.17, 15) is 4.79 Å². The second kappa shape index (κ2) is 5.66. The van der Waals surface area contributed by atoms with Gasteiger partial charge in [0, 0.05) is 28.2 Å². The molecule has 3 heterocycles. The van der Waals surface area contributed by atoms with E-state index in [1.54, 1.807) is 6.26 Å².